The Bertz CT molecular complexity index is 455. The molecule has 1 aromatic rings. The first-order valence-corrected chi connectivity index (χ1v) is 7.81. The molecule has 0 saturated heterocycles. The van der Waals surface area contributed by atoms with E-state index in [1.54, 1.807) is 6.07 Å². The van der Waals surface area contributed by atoms with Gasteiger partial charge in [-0.25, -0.2) is 0 Å². The number of nitrogens with one attached hydrogen (secondary N) is 1. The van der Waals surface area contributed by atoms with Crippen LogP contribution in [0.15, 0.2) is 22.7 Å². The maximum Gasteiger partial charge on any atom is 0.417 e. The van der Waals surface area contributed by atoms with E-state index < -0.39 is 11.7 Å². The molecule has 0 aromatic heterocycles. The largest absolute Gasteiger partial charge is 0.417 e. The van der Waals surface area contributed by atoms with Gasteiger partial charge >= 0.3 is 6.18 Å². The average molecular weight is 350 g/mol. The molecular weight excluding hydrogens is 331 g/mol. The standard InChI is InChI=1S/C15H19BrF3N/c1-2-7-20-14(8-10-3-4-10)11-5-6-13(16)12(9-11)15(17,18)19/h5-6,9-10,14,20H,2-4,7-8H2,1H3. The summed E-state index contributed by atoms with van der Waals surface area (Å²) < 4.78 is 39.0. The van der Waals surface area contributed by atoms with Crippen LogP contribution >= 0.6 is 15.9 Å². The zero-order valence-electron chi connectivity index (χ0n) is 11.4. The molecule has 1 fully saturated rings. The van der Waals surface area contributed by atoms with Crippen molar-refractivity contribution in [3.05, 3.63) is 33.8 Å². The van der Waals surface area contributed by atoms with Gasteiger partial charge in [0.25, 0.3) is 0 Å². The summed E-state index contributed by atoms with van der Waals surface area (Å²) in [6.07, 6.45) is -0.00754. The Hall–Kier alpha value is -0.550. The highest BCUT2D eigenvalue weighted by molar-refractivity contribution is 9.10. The smallest absolute Gasteiger partial charge is 0.310 e. The first-order valence-electron chi connectivity index (χ1n) is 7.01. The van der Waals surface area contributed by atoms with Gasteiger partial charge in [0.15, 0.2) is 0 Å². The molecule has 20 heavy (non-hydrogen) atoms. The van der Waals surface area contributed by atoms with E-state index in [0.29, 0.717) is 5.92 Å². The molecule has 1 aromatic carbocycles. The van der Waals surface area contributed by atoms with Gasteiger partial charge in [0.2, 0.25) is 0 Å². The van der Waals surface area contributed by atoms with Crippen molar-refractivity contribution < 1.29 is 13.2 Å². The van der Waals surface area contributed by atoms with E-state index in [4.69, 9.17) is 0 Å². The molecule has 112 valence electrons. The van der Waals surface area contributed by atoms with Gasteiger partial charge in [0, 0.05) is 10.5 Å². The lowest BCUT2D eigenvalue weighted by atomic mass is 9.99. The minimum Gasteiger partial charge on any atom is -0.310 e. The second-order valence-electron chi connectivity index (χ2n) is 5.42. The molecule has 1 unspecified atom stereocenters. The Morgan fingerprint density at radius 3 is 2.60 bits per heavy atom. The van der Waals surface area contributed by atoms with Crippen molar-refractivity contribution >= 4 is 15.9 Å². The van der Waals surface area contributed by atoms with Gasteiger partial charge in [-0.1, -0.05) is 41.8 Å². The predicted molar refractivity (Wildman–Crippen MR) is 77.5 cm³/mol. The van der Waals surface area contributed by atoms with Crippen LogP contribution in [0.4, 0.5) is 13.2 Å². The highest BCUT2D eigenvalue weighted by Gasteiger charge is 2.34. The molecule has 1 saturated carbocycles. The maximum absolute atomic E-state index is 13.0. The van der Waals surface area contributed by atoms with Gasteiger partial charge < -0.3 is 5.32 Å². The van der Waals surface area contributed by atoms with E-state index in [1.807, 2.05) is 0 Å². The van der Waals surface area contributed by atoms with Crippen molar-refractivity contribution in [3.8, 4) is 0 Å². The zero-order valence-corrected chi connectivity index (χ0v) is 13.0. The summed E-state index contributed by atoms with van der Waals surface area (Å²) >= 11 is 2.99. The Morgan fingerprint density at radius 2 is 2.05 bits per heavy atom. The van der Waals surface area contributed by atoms with Gasteiger partial charge in [-0.05, 0) is 43.0 Å². The van der Waals surface area contributed by atoms with Crippen LogP contribution < -0.4 is 5.32 Å². The number of benzene rings is 1. The van der Waals surface area contributed by atoms with Gasteiger partial charge in [0.1, 0.15) is 0 Å². The molecule has 0 heterocycles. The normalized spacial score (nSPS) is 17.2. The minimum absolute atomic E-state index is 0.0247. The number of alkyl halides is 3. The lowest BCUT2D eigenvalue weighted by molar-refractivity contribution is -0.138. The van der Waals surface area contributed by atoms with Crippen molar-refractivity contribution in [2.24, 2.45) is 5.92 Å². The molecule has 2 rings (SSSR count). The Kier molecular flexibility index (Phi) is 5.13. The number of hydrogen-bond donors (Lipinski definition) is 1. The highest BCUT2D eigenvalue weighted by atomic mass is 79.9. The van der Waals surface area contributed by atoms with Crippen molar-refractivity contribution in [1.29, 1.82) is 0 Å². The van der Waals surface area contributed by atoms with Crippen LogP contribution in [0, 0.1) is 5.92 Å². The quantitative estimate of drug-likeness (QED) is 0.733. The number of hydrogen-bond acceptors (Lipinski definition) is 1. The summed E-state index contributed by atoms with van der Waals surface area (Å²) in [5, 5.41) is 3.37. The first-order chi connectivity index (χ1) is 9.41. The average Bonchev–Trinajstić information content (AvgIpc) is 3.18. The van der Waals surface area contributed by atoms with Gasteiger partial charge in [-0.3, -0.25) is 0 Å². The Balaban J connectivity index is 2.22. The first kappa shape index (κ1) is 15.8. The monoisotopic (exact) mass is 349 g/mol. The van der Waals surface area contributed by atoms with Gasteiger partial charge in [-0.15, -0.1) is 0 Å². The lowest BCUT2D eigenvalue weighted by Crippen LogP contribution is -2.23. The molecule has 1 aliphatic carbocycles. The Morgan fingerprint density at radius 1 is 1.35 bits per heavy atom. The molecule has 1 N–H and O–H groups in total. The number of halogens is 4. The van der Waals surface area contributed by atoms with Crippen molar-refractivity contribution in [2.75, 3.05) is 6.54 Å². The summed E-state index contributed by atoms with van der Waals surface area (Å²) in [6, 6.07) is 4.59. The summed E-state index contributed by atoms with van der Waals surface area (Å²) in [5.74, 6) is 0.669. The second kappa shape index (κ2) is 6.48. The highest BCUT2D eigenvalue weighted by Crippen LogP contribution is 2.40. The molecule has 0 radical (unpaired) electrons. The predicted octanol–water partition coefficient (Wildman–Crippen LogP) is 5.31. The fraction of sp³-hybridized carbons (Fsp3) is 0.600. The van der Waals surface area contributed by atoms with Crippen LogP contribution in [0.1, 0.15) is 49.8 Å². The van der Waals surface area contributed by atoms with Crippen molar-refractivity contribution in [2.45, 2.75) is 44.8 Å². The topological polar surface area (TPSA) is 12.0 Å². The van der Waals surface area contributed by atoms with Crippen molar-refractivity contribution in [1.82, 2.24) is 5.32 Å². The molecule has 1 nitrogen and oxygen atoms in total. The number of rotatable bonds is 6. The molecule has 0 amide bonds. The third-order valence-electron chi connectivity index (χ3n) is 3.60. The minimum atomic E-state index is -4.32. The third-order valence-corrected chi connectivity index (χ3v) is 4.30. The zero-order chi connectivity index (χ0) is 14.8. The second-order valence-corrected chi connectivity index (χ2v) is 6.28. The third kappa shape index (κ3) is 4.22. The molecule has 5 heteroatoms. The van der Waals surface area contributed by atoms with Crippen LogP contribution in [0.5, 0.6) is 0 Å². The van der Waals surface area contributed by atoms with Crippen LogP contribution in [0.3, 0.4) is 0 Å². The molecule has 0 aliphatic heterocycles. The SMILES string of the molecule is CCCNC(CC1CC1)c1ccc(Br)c(C(F)(F)F)c1. The molecule has 0 bridgehead atoms. The van der Waals surface area contributed by atoms with Gasteiger partial charge in [-0.2, -0.15) is 13.2 Å². The molecular formula is C15H19BrF3N. The fourth-order valence-electron chi connectivity index (χ4n) is 2.32. The maximum atomic E-state index is 13.0. The summed E-state index contributed by atoms with van der Waals surface area (Å²) in [4.78, 5) is 0. The van der Waals surface area contributed by atoms with Gasteiger partial charge in [0.05, 0.1) is 5.56 Å². The van der Waals surface area contributed by atoms with Crippen LogP contribution in [-0.2, 0) is 6.18 Å². The molecule has 1 atom stereocenters. The fourth-order valence-corrected chi connectivity index (χ4v) is 2.79. The molecule has 0 spiro atoms. The van der Waals surface area contributed by atoms with E-state index in [1.165, 1.54) is 25.0 Å². The van der Waals surface area contributed by atoms with E-state index in [0.717, 1.165) is 24.9 Å². The molecule has 1 aliphatic rings. The van der Waals surface area contributed by atoms with E-state index in [2.05, 4.69) is 28.2 Å². The Labute approximate surface area is 126 Å². The van der Waals surface area contributed by atoms with Crippen LogP contribution in [-0.4, -0.2) is 6.54 Å². The van der Waals surface area contributed by atoms with Crippen LogP contribution in [0.2, 0.25) is 0 Å². The van der Waals surface area contributed by atoms with E-state index in [9.17, 15) is 13.2 Å². The lowest BCUT2D eigenvalue weighted by Gasteiger charge is -2.20. The van der Waals surface area contributed by atoms with E-state index in [-0.39, 0.29) is 10.5 Å². The summed E-state index contributed by atoms with van der Waals surface area (Å²) in [7, 11) is 0. The van der Waals surface area contributed by atoms with E-state index >= 15 is 0 Å². The summed E-state index contributed by atoms with van der Waals surface area (Å²) in [6.45, 7) is 2.89. The summed E-state index contributed by atoms with van der Waals surface area (Å²) in [5.41, 5.74) is 0.148. The van der Waals surface area contributed by atoms with Crippen LogP contribution in [0.25, 0.3) is 0 Å². The van der Waals surface area contributed by atoms with Crippen molar-refractivity contribution in [3.63, 3.8) is 0 Å².